The fourth-order valence-corrected chi connectivity index (χ4v) is 2.33. The Morgan fingerprint density at radius 3 is 2.32 bits per heavy atom. The number of hydrogen-bond donors (Lipinski definition) is 1. The van der Waals surface area contributed by atoms with Crippen LogP contribution in [0.2, 0.25) is 0 Å². The molecule has 0 radical (unpaired) electrons. The standard InChI is InChI=1S/C19H16N2O/c22-19(21-14-15-10-12-20-13-11-15)18-9-5-4-8-17(18)16-6-2-1-3-7-16/h1-13H,14H2,(H,21,22). The molecule has 0 bridgehead atoms. The van der Waals surface area contributed by atoms with Crippen molar-refractivity contribution in [3.8, 4) is 11.1 Å². The van der Waals surface area contributed by atoms with Crippen LogP contribution in [0.15, 0.2) is 79.1 Å². The summed E-state index contributed by atoms with van der Waals surface area (Å²) < 4.78 is 0. The van der Waals surface area contributed by atoms with E-state index < -0.39 is 0 Å². The molecule has 1 heterocycles. The van der Waals surface area contributed by atoms with Gasteiger partial charge in [-0.05, 0) is 34.9 Å². The van der Waals surface area contributed by atoms with Gasteiger partial charge in [-0.25, -0.2) is 0 Å². The highest BCUT2D eigenvalue weighted by Gasteiger charge is 2.11. The van der Waals surface area contributed by atoms with Crippen LogP contribution in [-0.4, -0.2) is 10.9 Å². The molecule has 0 atom stereocenters. The lowest BCUT2D eigenvalue weighted by atomic mass is 9.99. The summed E-state index contributed by atoms with van der Waals surface area (Å²) in [6.07, 6.45) is 3.44. The Bertz CT molecular complexity index is 755. The lowest BCUT2D eigenvalue weighted by Gasteiger charge is -2.10. The van der Waals surface area contributed by atoms with Crippen LogP contribution in [0.1, 0.15) is 15.9 Å². The van der Waals surface area contributed by atoms with Crippen molar-refractivity contribution in [3.05, 3.63) is 90.3 Å². The first-order valence-corrected chi connectivity index (χ1v) is 7.16. The summed E-state index contributed by atoms with van der Waals surface area (Å²) in [5, 5.41) is 2.96. The summed E-state index contributed by atoms with van der Waals surface area (Å²) >= 11 is 0. The quantitative estimate of drug-likeness (QED) is 0.795. The summed E-state index contributed by atoms with van der Waals surface area (Å²) in [7, 11) is 0. The predicted molar refractivity (Wildman–Crippen MR) is 87.3 cm³/mol. The Labute approximate surface area is 129 Å². The zero-order valence-electron chi connectivity index (χ0n) is 12.1. The zero-order chi connectivity index (χ0) is 15.2. The third-order valence-corrected chi connectivity index (χ3v) is 3.46. The van der Waals surface area contributed by atoms with Crippen molar-refractivity contribution in [2.45, 2.75) is 6.54 Å². The average Bonchev–Trinajstić information content (AvgIpc) is 2.61. The average molecular weight is 288 g/mol. The Balaban J connectivity index is 1.81. The normalized spacial score (nSPS) is 10.2. The fraction of sp³-hybridized carbons (Fsp3) is 0.0526. The van der Waals surface area contributed by atoms with Gasteiger partial charge in [0.1, 0.15) is 0 Å². The molecule has 1 N–H and O–H groups in total. The van der Waals surface area contributed by atoms with E-state index in [2.05, 4.69) is 10.3 Å². The third-order valence-electron chi connectivity index (χ3n) is 3.46. The highest BCUT2D eigenvalue weighted by molar-refractivity contribution is 6.00. The number of carbonyl (C=O) groups is 1. The second-order valence-electron chi connectivity index (χ2n) is 4.95. The smallest absolute Gasteiger partial charge is 0.252 e. The molecule has 22 heavy (non-hydrogen) atoms. The van der Waals surface area contributed by atoms with Crippen molar-refractivity contribution >= 4 is 5.91 Å². The first-order valence-electron chi connectivity index (χ1n) is 7.16. The third kappa shape index (κ3) is 3.20. The Kier molecular flexibility index (Phi) is 4.25. The maximum Gasteiger partial charge on any atom is 0.252 e. The molecule has 108 valence electrons. The van der Waals surface area contributed by atoms with Crippen LogP contribution in [0.4, 0.5) is 0 Å². The summed E-state index contributed by atoms with van der Waals surface area (Å²) in [5.74, 6) is -0.0729. The summed E-state index contributed by atoms with van der Waals surface area (Å²) in [6, 6.07) is 21.4. The van der Waals surface area contributed by atoms with E-state index in [1.165, 1.54) is 0 Å². The molecule has 3 heteroatoms. The molecule has 0 unspecified atom stereocenters. The van der Waals surface area contributed by atoms with Gasteiger partial charge in [0.05, 0.1) is 0 Å². The number of amides is 1. The molecular formula is C19H16N2O. The van der Waals surface area contributed by atoms with Gasteiger partial charge in [-0.3, -0.25) is 9.78 Å². The number of benzene rings is 2. The van der Waals surface area contributed by atoms with Crippen molar-refractivity contribution in [1.29, 1.82) is 0 Å². The molecule has 0 saturated heterocycles. The van der Waals surface area contributed by atoms with Gasteiger partial charge in [-0.1, -0.05) is 48.5 Å². The molecule has 2 aromatic carbocycles. The van der Waals surface area contributed by atoms with Crippen LogP contribution in [0, 0.1) is 0 Å². The summed E-state index contributed by atoms with van der Waals surface area (Å²) in [4.78, 5) is 16.5. The minimum absolute atomic E-state index is 0.0729. The van der Waals surface area contributed by atoms with Crippen LogP contribution < -0.4 is 5.32 Å². The van der Waals surface area contributed by atoms with E-state index in [1.54, 1.807) is 12.4 Å². The highest BCUT2D eigenvalue weighted by Crippen LogP contribution is 2.23. The van der Waals surface area contributed by atoms with Crippen LogP contribution in [0.5, 0.6) is 0 Å². The van der Waals surface area contributed by atoms with Gasteiger partial charge in [-0.2, -0.15) is 0 Å². The molecule has 0 spiro atoms. The first-order chi connectivity index (χ1) is 10.8. The molecular weight excluding hydrogens is 272 g/mol. The number of pyridine rings is 1. The Hall–Kier alpha value is -2.94. The van der Waals surface area contributed by atoms with Crippen molar-refractivity contribution in [2.24, 2.45) is 0 Å². The maximum atomic E-state index is 12.5. The van der Waals surface area contributed by atoms with Crippen molar-refractivity contribution in [3.63, 3.8) is 0 Å². The van der Waals surface area contributed by atoms with E-state index in [0.29, 0.717) is 12.1 Å². The van der Waals surface area contributed by atoms with Crippen molar-refractivity contribution in [2.75, 3.05) is 0 Å². The summed E-state index contributed by atoms with van der Waals surface area (Å²) in [6.45, 7) is 0.491. The predicted octanol–water partition coefficient (Wildman–Crippen LogP) is 3.68. The molecule has 3 rings (SSSR count). The van der Waals surface area contributed by atoms with Crippen LogP contribution >= 0.6 is 0 Å². The number of carbonyl (C=O) groups excluding carboxylic acids is 1. The molecule has 3 nitrogen and oxygen atoms in total. The molecule has 0 aliphatic carbocycles. The minimum atomic E-state index is -0.0729. The Morgan fingerprint density at radius 2 is 1.55 bits per heavy atom. The van der Waals surface area contributed by atoms with Gasteiger partial charge in [0.2, 0.25) is 0 Å². The van der Waals surface area contributed by atoms with Gasteiger partial charge in [0.15, 0.2) is 0 Å². The molecule has 1 amide bonds. The molecule has 0 aliphatic rings. The van der Waals surface area contributed by atoms with Gasteiger partial charge >= 0.3 is 0 Å². The van der Waals surface area contributed by atoms with Gasteiger partial charge in [0, 0.05) is 24.5 Å². The number of hydrogen-bond acceptors (Lipinski definition) is 2. The Morgan fingerprint density at radius 1 is 0.864 bits per heavy atom. The van der Waals surface area contributed by atoms with Crippen LogP contribution in [0.25, 0.3) is 11.1 Å². The second-order valence-corrected chi connectivity index (χ2v) is 4.95. The van der Waals surface area contributed by atoms with E-state index in [9.17, 15) is 4.79 Å². The summed E-state index contributed by atoms with van der Waals surface area (Å²) in [5.41, 5.74) is 3.69. The minimum Gasteiger partial charge on any atom is -0.348 e. The van der Waals surface area contributed by atoms with Gasteiger partial charge < -0.3 is 5.32 Å². The van der Waals surface area contributed by atoms with Crippen LogP contribution in [0.3, 0.4) is 0 Å². The molecule has 1 aromatic heterocycles. The number of nitrogens with one attached hydrogen (secondary N) is 1. The van der Waals surface area contributed by atoms with Crippen molar-refractivity contribution < 1.29 is 4.79 Å². The van der Waals surface area contributed by atoms with Gasteiger partial charge in [0.25, 0.3) is 5.91 Å². The lowest BCUT2D eigenvalue weighted by molar-refractivity contribution is 0.0951. The molecule has 0 aliphatic heterocycles. The van der Waals surface area contributed by atoms with E-state index in [4.69, 9.17) is 0 Å². The van der Waals surface area contributed by atoms with Crippen molar-refractivity contribution in [1.82, 2.24) is 10.3 Å². The lowest BCUT2D eigenvalue weighted by Crippen LogP contribution is -2.23. The number of rotatable bonds is 4. The van der Waals surface area contributed by atoms with E-state index >= 15 is 0 Å². The van der Waals surface area contributed by atoms with Crippen LogP contribution in [-0.2, 0) is 6.54 Å². The fourth-order valence-electron chi connectivity index (χ4n) is 2.33. The molecule has 0 saturated carbocycles. The monoisotopic (exact) mass is 288 g/mol. The zero-order valence-corrected chi connectivity index (χ0v) is 12.1. The maximum absolute atomic E-state index is 12.5. The number of nitrogens with zero attached hydrogens (tertiary/aromatic N) is 1. The molecule has 3 aromatic rings. The second kappa shape index (κ2) is 6.68. The van der Waals surface area contributed by atoms with E-state index in [1.807, 2.05) is 66.7 Å². The topological polar surface area (TPSA) is 42.0 Å². The van der Waals surface area contributed by atoms with E-state index in [0.717, 1.165) is 16.7 Å². The SMILES string of the molecule is O=C(NCc1ccncc1)c1ccccc1-c1ccccc1. The van der Waals surface area contributed by atoms with Gasteiger partial charge in [-0.15, -0.1) is 0 Å². The largest absolute Gasteiger partial charge is 0.348 e. The number of aromatic nitrogens is 1. The van der Waals surface area contributed by atoms with E-state index in [-0.39, 0.29) is 5.91 Å². The first kappa shape index (κ1) is 14.0. The highest BCUT2D eigenvalue weighted by atomic mass is 16.1. The molecule has 0 fully saturated rings.